The Balaban J connectivity index is 1.72. The molecule has 0 aromatic heterocycles. The maximum atomic E-state index is 11.6. The van der Waals surface area contributed by atoms with Crippen LogP contribution < -0.4 is 10.6 Å². The van der Waals surface area contributed by atoms with E-state index in [1.807, 2.05) is 20.8 Å². The number of carbonyl (C=O) groups excluding carboxylic acids is 1. The van der Waals surface area contributed by atoms with Crippen molar-refractivity contribution in [1.82, 2.24) is 10.6 Å². The number of nitrogens with one attached hydrogen (secondary N) is 2. The van der Waals surface area contributed by atoms with E-state index in [1.165, 1.54) is 32.1 Å². The maximum Gasteiger partial charge on any atom is 0.407 e. The van der Waals surface area contributed by atoms with Gasteiger partial charge in [-0.15, -0.1) is 0 Å². The third-order valence-electron chi connectivity index (χ3n) is 5.12. The molecule has 5 heteroatoms. The van der Waals surface area contributed by atoms with Gasteiger partial charge < -0.3 is 20.1 Å². The number of rotatable bonds is 6. The van der Waals surface area contributed by atoms with Crippen molar-refractivity contribution in [2.75, 3.05) is 19.7 Å². The molecule has 1 amide bonds. The first kappa shape index (κ1) is 18.5. The van der Waals surface area contributed by atoms with Crippen molar-refractivity contribution in [3.63, 3.8) is 0 Å². The van der Waals surface area contributed by atoms with Crippen molar-refractivity contribution in [3.05, 3.63) is 0 Å². The molecule has 2 N–H and O–H groups in total. The molecular formula is C18H34N2O3. The van der Waals surface area contributed by atoms with Crippen LogP contribution in [-0.4, -0.2) is 43.5 Å². The smallest absolute Gasteiger partial charge is 0.407 e. The van der Waals surface area contributed by atoms with Gasteiger partial charge in [0.05, 0.1) is 6.10 Å². The van der Waals surface area contributed by atoms with E-state index in [0.29, 0.717) is 24.1 Å². The van der Waals surface area contributed by atoms with Crippen molar-refractivity contribution in [1.29, 1.82) is 0 Å². The van der Waals surface area contributed by atoms with Crippen LogP contribution in [0, 0.1) is 5.41 Å². The minimum Gasteiger partial charge on any atom is -0.444 e. The number of amides is 1. The summed E-state index contributed by atoms with van der Waals surface area (Å²) in [5.74, 6) is 0. The first-order valence-corrected chi connectivity index (χ1v) is 9.19. The molecule has 2 fully saturated rings. The second-order valence-electron chi connectivity index (χ2n) is 7.91. The Hall–Kier alpha value is -0.810. The molecule has 2 rings (SSSR count). The summed E-state index contributed by atoms with van der Waals surface area (Å²) >= 11 is 0. The van der Waals surface area contributed by atoms with Crippen molar-refractivity contribution in [3.8, 4) is 0 Å². The van der Waals surface area contributed by atoms with Gasteiger partial charge in [0.1, 0.15) is 5.60 Å². The monoisotopic (exact) mass is 326 g/mol. The summed E-state index contributed by atoms with van der Waals surface area (Å²) in [5.41, 5.74) is -0.109. The van der Waals surface area contributed by atoms with E-state index in [2.05, 4.69) is 17.6 Å². The summed E-state index contributed by atoms with van der Waals surface area (Å²) in [6, 6.07) is 0.528. The average molecular weight is 326 g/mol. The standard InChI is InChI=1S/C18H34N2O3/c1-5-22-15-13-14(18(15)9-7-6-8-10-18)19-11-12-20-16(21)23-17(2,3)4/h14-15,19H,5-13H2,1-4H3,(H,20,21). The molecule has 0 aromatic carbocycles. The second-order valence-corrected chi connectivity index (χ2v) is 7.91. The minimum atomic E-state index is -0.442. The third kappa shape index (κ3) is 4.83. The number of carbonyl (C=O) groups is 1. The van der Waals surface area contributed by atoms with Gasteiger partial charge in [0.2, 0.25) is 0 Å². The van der Waals surface area contributed by atoms with Gasteiger partial charge in [0.15, 0.2) is 0 Å². The predicted octanol–water partition coefficient (Wildman–Crippen LogP) is 3.23. The van der Waals surface area contributed by atoms with Crippen molar-refractivity contribution in [2.24, 2.45) is 5.41 Å². The number of alkyl carbamates (subject to hydrolysis) is 1. The highest BCUT2D eigenvalue weighted by atomic mass is 16.6. The van der Waals surface area contributed by atoms with Gasteiger partial charge >= 0.3 is 6.09 Å². The Morgan fingerprint density at radius 3 is 2.48 bits per heavy atom. The summed E-state index contributed by atoms with van der Waals surface area (Å²) in [4.78, 5) is 11.6. The van der Waals surface area contributed by atoms with Crippen LogP contribution in [0.5, 0.6) is 0 Å². The van der Waals surface area contributed by atoms with Crippen LogP contribution in [-0.2, 0) is 9.47 Å². The lowest BCUT2D eigenvalue weighted by atomic mass is 9.55. The molecule has 23 heavy (non-hydrogen) atoms. The molecule has 5 nitrogen and oxygen atoms in total. The molecule has 2 saturated carbocycles. The Morgan fingerprint density at radius 1 is 1.17 bits per heavy atom. The summed E-state index contributed by atoms with van der Waals surface area (Å²) in [5, 5.41) is 6.45. The molecule has 2 atom stereocenters. The molecule has 0 aliphatic heterocycles. The normalized spacial score (nSPS) is 26.6. The van der Waals surface area contributed by atoms with E-state index in [1.54, 1.807) is 0 Å². The molecule has 0 aromatic rings. The minimum absolute atomic E-state index is 0.334. The fourth-order valence-corrected chi connectivity index (χ4v) is 4.07. The summed E-state index contributed by atoms with van der Waals surface area (Å²) in [7, 11) is 0. The summed E-state index contributed by atoms with van der Waals surface area (Å²) < 4.78 is 11.2. The van der Waals surface area contributed by atoms with Crippen molar-refractivity contribution >= 4 is 6.09 Å². The Labute approximate surface area is 140 Å². The zero-order valence-electron chi connectivity index (χ0n) is 15.2. The number of hydrogen-bond donors (Lipinski definition) is 2. The fourth-order valence-electron chi connectivity index (χ4n) is 4.07. The Bertz CT molecular complexity index is 386. The van der Waals surface area contributed by atoms with Crippen molar-refractivity contribution < 1.29 is 14.3 Å². The fraction of sp³-hybridized carbons (Fsp3) is 0.944. The van der Waals surface area contributed by atoms with Gasteiger partial charge in [-0.3, -0.25) is 0 Å². The molecule has 0 radical (unpaired) electrons. The molecule has 2 aliphatic carbocycles. The molecule has 2 aliphatic rings. The molecule has 0 saturated heterocycles. The van der Waals surface area contributed by atoms with Crippen LogP contribution in [0.15, 0.2) is 0 Å². The zero-order valence-corrected chi connectivity index (χ0v) is 15.2. The van der Waals surface area contributed by atoms with E-state index in [4.69, 9.17) is 9.47 Å². The third-order valence-corrected chi connectivity index (χ3v) is 5.12. The number of ether oxygens (including phenoxy) is 2. The van der Waals surface area contributed by atoms with Gasteiger partial charge in [-0.05, 0) is 47.0 Å². The second kappa shape index (κ2) is 7.84. The Morgan fingerprint density at radius 2 is 1.87 bits per heavy atom. The van der Waals surface area contributed by atoms with Gasteiger partial charge in [-0.25, -0.2) is 4.79 Å². The van der Waals surface area contributed by atoms with E-state index in [9.17, 15) is 4.79 Å². The van der Waals surface area contributed by atoms with Crippen LogP contribution in [0.3, 0.4) is 0 Å². The van der Waals surface area contributed by atoms with Gasteiger partial charge in [-0.2, -0.15) is 0 Å². The van der Waals surface area contributed by atoms with E-state index in [-0.39, 0.29) is 6.09 Å². The van der Waals surface area contributed by atoms with E-state index in [0.717, 1.165) is 19.6 Å². The molecular weight excluding hydrogens is 292 g/mol. The average Bonchev–Trinajstić information content (AvgIpc) is 2.48. The molecule has 0 bridgehead atoms. The highest BCUT2D eigenvalue weighted by Crippen LogP contribution is 2.53. The molecule has 1 spiro atoms. The summed E-state index contributed by atoms with van der Waals surface area (Å²) in [6.07, 6.45) is 7.71. The lowest BCUT2D eigenvalue weighted by molar-refractivity contribution is -0.149. The highest BCUT2D eigenvalue weighted by Gasteiger charge is 2.55. The molecule has 134 valence electrons. The van der Waals surface area contributed by atoms with Crippen LogP contribution in [0.4, 0.5) is 4.79 Å². The zero-order chi connectivity index (χ0) is 16.9. The van der Waals surface area contributed by atoms with Crippen LogP contribution >= 0.6 is 0 Å². The van der Waals surface area contributed by atoms with Crippen LogP contribution in [0.2, 0.25) is 0 Å². The van der Waals surface area contributed by atoms with Crippen molar-refractivity contribution in [2.45, 2.75) is 84.0 Å². The predicted molar refractivity (Wildman–Crippen MR) is 91.6 cm³/mol. The van der Waals surface area contributed by atoms with E-state index < -0.39 is 5.60 Å². The molecule has 0 heterocycles. The maximum absolute atomic E-state index is 11.6. The number of hydrogen-bond acceptors (Lipinski definition) is 4. The highest BCUT2D eigenvalue weighted by molar-refractivity contribution is 5.67. The topological polar surface area (TPSA) is 59.6 Å². The molecule has 2 unspecified atom stereocenters. The lowest BCUT2D eigenvalue weighted by Gasteiger charge is -2.58. The Kier molecular flexibility index (Phi) is 6.32. The largest absolute Gasteiger partial charge is 0.444 e. The van der Waals surface area contributed by atoms with Crippen LogP contribution in [0.1, 0.15) is 66.2 Å². The summed E-state index contributed by atoms with van der Waals surface area (Å²) in [6.45, 7) is 9.90. The van der Waals surface area contributed by atoms with Gasteiger partial charge in [0, 0.05) is 31.2 Å². The first-order valence-electron chi connectivity index (χ1n) is 9.19. The lowest BCUT2D eigenvalue weighted by Crippen LogP contribution is -2.65. The van der Waals surface area contributed by atoms with Gasteiger partial charge in [0.25, 0.3) is 0 Å². The van der Waals surface area contributed by atoms with E-state index >= 15 is 0 Å². The SMILES string of the molecule is CCOC1CC(NCCNC(=O)OC(C)(C)C)C12CCCCC2. The first-order chi connectivity index (χ1) is 10.9. The van der Waals surface area contributed by atoms with Gasteiger partial charge in [-0.1, -0.05) is 19.3 Å². The quantitative estimate of drug-likeness (QED) is 0.736. The van der Waals surface area contributed by atoms with Crippen LogP contribution in [0.25, 0.3) is 0 Å².